The van der Waals surface area contributed by atoms with Gasteiger partial charge in [0.05, 0.1) is 11.4 Å². The summed E-state index contributed by atoms with van der Waals surface area (Å²) in [5, 5.41) is 1.54. The van der Waals surface area contributed by atoms with E-state index in [4.69, 9.17) is 0 Å². The van der Waals surface area contributed by atoms with E-state index in [2.05, 4.69) is 23.7 Å². The number of hydrogen-bond donors (Lipinski definition) is 0. The van der Waals surface area contributed by atoms with Crippen molar-refractivity contribution in [3.05, 3.63) is 0 Å². The Hall–Kier alpha value is -0.0200. The molecule has 2 saturated heterocycles. The van der Waals surface area contributed by atoms with Crippen molar-refractivity contribution < 1.29 is 4.79 Å². The first kappa shape index (κ1) is 14.4. The van der Waals surface area contributed by atoms with Gasteiger partial charge in [-0.3, -0.25) is 9.69 Å². The van der Waals surface area contributed by atoms with Crippen LogP contribution in [0.4, 0.5) is 0 Å². The number of likely N-dealkylation sites (N-methyl/N-ethyl adjacent to an activating group) is 1. The first-order valence-electron chi connectivity index (χ1n) is 7.56. The predicted molar refractivity (Wildman–Crippen MR) is 78.8 cm³/mol. The number of carbonyl (C=O) groups is 1. The molecule has 0 bridgehead atoms. The zero-order valence-electron chi connectivity index (χ0n) is 12.2. The van der Waals surface area contributed by atoms with Crippen molar-refractivity contribution in [2.45, 2.75) is 69.5 Å². The minimum Gasteiger partial charge on any atom is -0.298 e. The van der Waals surface area contributed by atoms with Crippen molar-refractivity contribution in [2.75, 3.05) is 7.05 Å². The van der Waals surface area contributed by atoms with Gasteiger partial charge >= 0.3 is 0 Å². The number of likely N-dealkylation sites (tertiary alicyclic amines) is 1. The van der Waals surface area contributed by atoms with Crippen molar-refractivity contribution in [3.63, 3.8) is 0 Å². The molecule has 0 spiro atoms. The molecular formula is C15H27NOS. The fourth-order valence-corrected chi connectivity index (χ4v) is 6.07. The Kier molecular flexibility index (Phi) is 4.76. The number of ketones is 1. The van der Waals surface area contributed by atoms with Gasteiger partial charge in [-0.15, -0.1) is 11.8 Å². The summed E-state index contributed by atoms with van der Waals surface area (Å²) in [6.45, 7) is 5.76. The Morgan fingerprint density at radius 2 is 1.83 bits per heavy atom. The lowest BCUT2D eigenvalue weighted by Crippen LogP contribution is -2.35. The Balaban J connectivity index is 0.000000574. The Morgan fingerprint density at radius 3 is 2.50 bits per heavy atom. The van der Waals surface area contributed by atoms with E-state index in [9.17, 15) is 4.79 Å². The summed E-state index contributed by atoms with van der Waals surface area (Å²) in [6.07, 6.45) is 6.80. The van der Waals surface area contributed by atoms with E-state index < -0.39 is 0 Å². The van der Waals surface area contributed by atoms with Gasteiger partial charge in [-0.1, -0.05) is 26.7 Å². The highest BCUT2D eigenvalue weighted by Gasteiger charge is 2.52. The van der Waals surface area contributed by atoms with Gasteiger partial charge in [0.15, 0.2) is 0 Å². The van der Waals surface area contributed by atoms with Crippen LogP contribution in [0.2, 0.25) is 0 Å². The highest BCUT2D eigenvalue weighted by molar-refractivity contribution is 8.00. The van der Waals surface area contributed by atoms with Crippen LogP contribution in [-0.2, 0) is 4.79 Å². The minimum atomic E-state index is 0.213. The van der Waals surface area contributed by atoms with E-state index in [1.54, 1.807) is 6.92 Å². The van der Waals surface area contributed by atoms with E-state index in [1.807, 2.05) is 13.8 Å². The molecule has 0 N–H and O–H groups in total. The molecular weight excluding hydrogens is 242 g/mol. The van der Waals surface area contributed by atoms with Gasteiger partial charge in [0.25, 0.3) is 0 Å². The zero-order chi connectivity index (χ0) is 13.3. The van der Waals surface area contributed by atoms with Crippen LogP contribution in [0, 0.1) is 11.8 Å². The Labute approximate surface area is 116 Å². The largest absolute Gasteiger partial charge is 0.298 e. The Morgan fingerprint density at radius 1 is 1.17 bits per heavy atom. The molecule has 2 heterocycles. The summed E-state index contributed by atoms with van der Waals surface area (Å²) in [5.41, 5.74) is 0. The van der Waals surface area contributed by atoms with Gasteiger partial charge in [0.1, 0.15) is 5.78 Å². The number of Topliss-reactive ketones (excluding diaryl/α,β-unsaturated/α-hetero) is 1. The monoisotopic (exact) mass is 269 g/mol. The van der Waals surface area contributed by atoms with Gasteiger partial charge in [0, 0.05) is 5.25 Å². The van der Waals surface area contributed by atoms with E-state index in [-0.39, 0.29) is 6.04 Å². The molecule has 3 rings (SSSR count). The standard InChI is InChI=1S/C13H21NOS.C2H6/c1-8(15)11-7-10-9-5-3-4-6-12(9)16-13(10)14(11)2;1-2/h9-13H,3-7H2,1-2H3;1-2H3. The molecule has 1 aliphatic carbocycles. The fraction of sp³-hybridized carbons (Fsp3) is 0.933. The molecule has 2 aliphatic heterocycles. The number of thioether (sulfide) groups is 1. The molecule has 0 amide bonds. The summed E-state index contributed by atoms with van der Waals surface area (Å²) in [4.78, 5) is 14.0. The fourth-order valence-electron chi connectivity index (χ4n) is 4.02. The van der Waals surface area contributed by atoms with E-state index in [0.717, 1.165) is 23.5 Å². The molecule has 3 aliphatic rings. The molecule has 0 aromatic heterocycles. The normalized spacial score (nSPS) is 42.8. The summed E-state index contributed by atoms with van der Waals surface area (Å²) in [6, 6.07) is 0.213. The molecule has 104 valence electrons. The lowest BCUT2D eigenvalue weighted by Gasteiger charge is -2.28. The number of hydrogen-bond acceptors (Lipinski definition) is 3. The molecule has 3 heteroatoms. The van der Waals surface area contributed by atoms with Gasteiger partial charge in [-0.2, -0.15) is 0 Å². The average molecular weight is 269 g/mol. The maximum absolute atomic E-state index is 11.6. The number of nitrogens with zero attached hydrogens (tertiary/aromatic N) is 1. The molecule has 18 heavy (non-hydrogen) atoms. The van der Waals surface area contributed by atoms with Crippen molar-refractivity contribution in [1.82, 2.24) is 4.90 Å². The van der Waals surface area contributed by atoms with Gasteiger partial charge in [0.2, 0.25) is 0 Å². The van der Waals surface area contributed by atoms with Crippen LogP contribution in [0.25, 0.3) is 0 Å². The van der Waals surface area contributed by atoms with E-state index >= 15 is 0 Å². The summed E-state index contributed by atoms with van der Waals surface area (Å²) < 4.78 is 0. The smallest absolute Gasteiger partial charge is 0.146 e. The lowest BCUT2D eigenvalue weighted by molar-refractivity contribution is -0.120. The van der Waals surface area contributed by atoms with Crippen LogP contribution in [0.3, 0.4) is 0 Å². The van der Waals surface area contributed by atoms with E-state index in [1.165, 1.54) is 25.7 Å². The SMILES string of the molecule is CC.CC(=O)C1CC2C3CCCCC3SC2N1C. The van der Waals surface area contributed by atoms with Crippen LogP contribution in [-0.4, -0.2) is 34.4 Å². The Bertz CT molecular complexity index is 307. The topological polar surface area (TPSA) is 20.3 Å². The molecule has 5 atom stereocenters. The molecule has 5 unspecified atom stereocenters. The molecule has 0 aromatic carbocycles. The summed E-state index contributed by atoms with van der Waals surface area (Å²) >= 11 is 2.17. The third-order valence-corrected chi connectivity index (χ3v) is 6.74. The van der Waals surface area contributed by atoms with Gasteiger partial charge in [-0.05, 0) is 45.1 Å². The third-order valence-electron chi connectivity index (χ3n) is 4.84. The minimum absolute atomic E-state index is 0.213. The van der Waals surface area contributed by atoms with Gasteiger partial charge in [-0.25, -0.2) is 0 Å². The maximum atomic E-state index is 11.6. The molecule has 3 fully saturated rings. The van der Waals surface area contributed by atoms with Crippen molar-refractivity contribution >= 4 is 17.5 Å². The highest BCUT2D eigenvalue weighted by Crippen LogP contribution is 2.55. The third kappa shape index (κ3) is 2.36. The zero-order valence-corrected chi connectivity index (χ0v) is 13.0. The second-order valence-corrected chi connectivity index (χ2v) is 7.07. The van der Waals surface area contributed by atoms with Crippen molar-refractivity contribution in [2.24, 2.45) is 11.8 Å². The van der Waals surface area contributed by atoms with Crippen LogP contribution in [0.15, 0.2) is 0 Å². The maximum Gasteiger partial charge on any atom is 0.146 e. The number of rotatable bonds is 1. The van der Waals surface area contributed by atoms with Crippen molar-refractivity contribution in [3.8, 4) is 0 Å². The first-order valence-corrected chi connectivity index (χ1v) is 8.50. The molecule has 0 radical (unpaired) electrons. The van der Waals surface area contributed by atoms with Crippen LogP contribution >= 0.6 is 11.8 Å². The summed E-state index contributed by atoms with van der Waals surface area (Å²) in [7, 11) is 2.15. The van der Waals surface area contributed by atoms with Crippen LogP contribution in [0.5, 0.6) is 0 Å². The molecule has 2 nitrogen and oxygen atoms in total. The van der Waals surface area contributed by atoms with Crippen molar-refractivity contribution in [1.29, 1.82) is 0 Å². The van der Waals surface area contributed by atoms with Gasteiger partial charge < -0.3 is 0 Å². The number of fused-ring (bicyclic) bond motifs is 3. The average Bonchev–Trinajstić information content (AvgIpc) is 2.90. The number of carbonyl (C=O) groups excluding carboxylic acids is 1. The first-order chi connectivity index (χ1) is 8.68. The predicted octanol–water partition coefficient (Wildman–Crippen LogP) is 3.55. The lowest BCUT2D eigenvalue weighted by atomic mass is 9.79. The van der Waals surface area contributed by atoms with Crippen LogP contribution < -0.4 is 0 Å². The van der Waals surface area contributed by atoms with Crippen LogP contribution in [0.1, 0.15) is 52.9 Å². The summed E-state index contributed by atoms with van der Waals surface area (Å²) in [5.74, 6) is 2.08. The molecule has 0 aromatic rings. The second kappa shape index (κ2) is 5.96. The molecule has 1 saturated carbocycles. The van der Waals surface area contributed by atoms with E-state index in [0.29, 0.717) is 11.2 Å². The quantitative estimate of drug-likeness (QED) is 0.726. The highest BCUT2D eigenvalue weighted by atomic mass is 32.2. The second-order valence-electron chi connectivity index (χ2n) is 5.70.